The highest BCUT2D eigenvalue weighted by atomic mass is 35.5. The van der Waals surface area contributed by atoms with Crippen molar-refractivity contribution in [3.63, 3.8) is 0 Å². The molecule has 0 radical (unpaired) electrons. The minimum atomic E-state index is -4.35. The molecule has 1 aliphatic carbocycles. The van der Waals surface area contributed by atoms with Crippen molar-refractivity contribution in [2.24, 2.45) is 5.92 Å². The number of nitrogens with one attached hydrogen (secondary N) is 2. The van der Waals surface area contributed by atoms with E-state index in [4.69, 9.17) is 11.6 Å². The Kier molecular flexibility index (Phi) is 10.8. The van der Waals surface area contributed by atoms with E-state index in [2.05, 4.69) is 38.0 Å². The molecule has 2 fully saturated rings. The number of nitro groups is 1. The van der Waals surface area contributed by atoms with Gasteiger partial charge >= 0.3 is 0 Å². The van der Waals surface area contributed by atoms with Crippen LogP contribution in [0.1, 0.15) is 48.0 Å². The summed E-state index contributed by atoms with van der Waals surface area (Å²) in [5.41, 5.74) is 4.60. The average molecular weight is 702 g/mol. The van der Waals surface area contributed by atoms with Gasteiger partial charge in [-0.3, -0.25) is 19.8 Å². The summed E-state index contributed by atoms with van der Waals surface area (Å²) in [4.78, 5) is 28.5. The summed E-state index contributed by atoms with van der Waals surface area (Å²) in [6.45, 7) is 4.73. The van der Waals surface area contributed by atoms with Gasteiger partial charge in [-0.25, -0.2) is 13.1 Å². The van der Waals surface area contributed by atoms with Crippen LogP contribution in [0, 0.1) is 16.0 Å². The molecule has 1 amide bonds. The van der Waals surface area contributed by atoms with Crippen molar-refractivity contribution in [1.82, 2.24) is 9.62 Å². The third-order valence-corrected chi connectivity index (χ3v) is 11.0. The summed E-state index contributed by atoms with van der Waals surface area (Å²) in [7, 11) is -4.35. The quantitative estimate of drug-likeness (QED) is 0.123. The van der Waals surface area contributed by atoms with Crippen LogP contribution in [-0.4, -0.2) is 56.9 Å². The third-order valence-electron chi connectivity index (χ3n) is 9.44. The third kappa shape index (κ3) is 8.59. The average Bonchev–Trinajstić information content (AvgIpc) is 3.12. The minimum absolute atomic E-state index is 0.171. The first-order valence-corrected chi connectivity index (χ1v) is 18.5. The van der Waals surface area contributed by atoms with E-state index >= 15 is 0 Å². The van der Waals surface area contributed by atoms with Crippen LogP contribution in [0.5, 0.6) is 0 Å². The Labute approximate surface area is 292 Å². The maximum Gasteiger partial charge on any atom is 0.293 e. The van der Waals surface area contributed by atoms with E-state index in [-0.39, 0.29) is 21.8 Å². The number of amides is 1. The number of carbonyl (C=O) groups is 1. The molecule has 1 saturated heterocycles. The summed E-state index contributed by atoms with van der Waals surface area (Å²) in [5, 5.41) is 15.6. The molecule has 0 aromatic heterocycles. The molecule has 0 atom stereocenters. The van der Waals surface area contributed by atoms with Crippen LogP contribution < -0.4 is 14.9 Å². The SMILES string of the molecule is O=C(NS(=O)(=O)c1ccc(NCC2CCCCC2)c([N+](=O)[O-])c1)c1ccc(N2CCN(Cc3ccccc3-c3ccc(Cl)cc3)CC2)cc1. The zero-order valence-electron chi connectivity index (χ0n) is 27.2. The highest BCUT2D eigenvalue weighted by Crippen LogP contribution is 2.31. The molecular formula is C37H40ClN5O5S. The second-order valence-electron chi connectivity index (χ2n) is 12.7. The van der Waals surface area contributed by atoms with E-state index in [1.807, 2.05) is 42.5 Å². The lowest BCUT2D eigenvalue weighted by atomic mass is 9.89. The van der Waals surface area contributed by atoms with E-state index in [9.17, 15) is 23.3 Å². The highest BCUT2D eigenvalue weighted by Gasteiger charge is 2.25. The molecular weight excluding hydrogens is 662 g/mol. The molecule has 2 aliphatic rings. The molecule has 6 rings (SSSR count). The van der Waals surface area contributed by atoms with Crippen molar-refractivity contribution < 1.29 is 18.1 Å². The summed E-state index contributed by atoms with van der Waals surface area (Å²) < 4.78 is 28.3. The number of rotatable bonds is 11. The number of anilines is 2. The van der Waals surface area contributed by atoms with Gasteiger partial charge in [-0.1, -0.05) is 67.3 Å². The van der Waals surface area contributed by atoms with Crippen LogP contribution in [0.4, 0.5) is 17.1 Å². The maximum absolute atomic E-state index is 13.1. The molecule has 0 bridgehead atoms. The minimum Gasteiger partial charge on any atom is -0.379 e. The molecule has 10 nitrogen and oxygen atoms in total. The summed E-state index contributed by atoms with van der Waals surface area (Å²) in [5.74, 6) is -0.376. The number of halogens is 1. The van der Waals surface area contributed by atoms with Gasteiger partial charge in [0.25, 0.3) is 21.6 Å². The first kappa shape index (κ1) is 34.4. The van der Waals surface area contributed by atoms with Gasteiger partial charge in [0.1, 0.15) is 5.69 Å². The van der Waals surface area contributed by atoms with E-state index < -0.39 is 20.9 Å². The van der Waals surface area contributed by atoms with E-state index in [1.165, 1.54) is 29.7 Å². The number of nitrogens with zero attached hydrogens (tertiary/aromatic N) is 3. The molecule has 49 heavy (non-hydrogen) atoms. The molecule has 0 unspecified atom stereocenters. The van der Waals surface area contributed by atoms with Gasteiger partial charge in [0.2, 0.25) is 0 Å². The highest BCUT2D eigenvalue weighted by molar-refractivity contribution is 7.90. The molecule has 1 heterocycles. The predicted octanol–water partition coefficient (Wildman–Crippen LogP) is 7.35. The van der Waals surface area contributed by atoms with Gasteiger partial charge in [-0.2, -0.15) is 0 Å². The molecule has 0 spiro atoms. The Morgan fingerprint density at radius 1 is 0.878 bits per heavy atom. The summed E-state index contributed by atoms with van der Waals surface area (Å²) in [6, 6.07) is 26.8. The molecule has 2 N–H and O–H groups in total. The Hall–Kier alpha value is -4.45. The number of carbonyl (C=O) groups excluding carboxylic acids is 1. The van der Waals surface area contributed by atoms with Gasteiger partial charge < -0.3 is 10.2 Å². The van der Waals surface area contributed by atoms with Crippen molar-refractivity contribution in [2.75, 3.05) is 42.9 Å². The van der Waals surface area contributed by atoms with Gasteiger partial charge in [0.15, 0.2) is 0 Å². The molecule has 1 saturated carbocycles. The van der Waals surface area contributed by atoms with Crippen LogP contribution in [0.2, 0.25) is 5.02 Å². The van der Waals surface area contributed by atoms with Gasteiger partial charge in [-0.05, 0) is 84.0 Å². The number of piperazine rings is 1. The normalized spacial score (nSPS) is 15.9. The summed E-state index contributed by atoms with van der Waals surface area (Å²) in [6.07, 6.45) is 5.64. The van der Waals surface area contributed by atoms with Crippen LogP contribution in [-0.2, 0) is 16.6 Å². The van der Waals surface area contributed by atoms with Crippen molar-refractivity contribution in [3.05, 3.63) is 117 Å². The number of nitro benzene ring substituents is 1. The predicted molar refractivity (Wildman–Crippen MR) is 194 cm³/mol. The van der Waals surface area contributed by atoms with Gasteiger partial charge in [0, 0.05) is 61.6 Å². The topological polar surface area (TPSA) is 125 Å². The molecule has 12 heteroatoms. The molecule has 256 valence electrons. The molecule has 1 aliphatic heterocycles. The van der Waals surface area contributed by atoms with Crippen LogP contribution in [0.25, 0.3) is 11.1 Å². The first-order valence-electron chi connectivity index (χ1n) is 16.7. The fourth-order valence-electron chi connectivity index (χ4n) is 6.66. The van der Waals surface area contributed by atoms with Crippen molar-refractivity contribution in [3.8, 4) is 11.1 Å². The van der Waals surface area contributed by atoms with Crippen molar-refractivity contribution in [2.45, 2.75) is 43.5 Å². The first-order chi connectivity index (χ1) is 23.7. The lowest BCUT2D eigenvalue weighted by Crippen LogP contribution is -2.46. The van der Waals surface area contributed by atoms with E-state index in [0.717, 1.165) is 75.7 Å². The van der Waals surface area contributed by atoms with E-state index in [0.29, 0.717) is 17.5 Å². The Morgan fingerprint density at radius 2 is 1.57 bits per heavy atom. The van der Waals surface area contributed by atoms with Crippen LogP contribution in [0.15, 0.2) is 95.9 Å². The van der Waals surface area contributed by atoms with Gasteiger partial charge in [0.05, 0.1) is 9.82 Å². The number of benzene rings is 4. The molecule has 4 aromatic rings. The zero-order chi connectivity index (χ0) is 34.4. The zero-order valence-corrected chi connectivity index (χ0v) is 28.8. The summed E-state index contributed by atoms with van der Waals surface area (Å²) >= 11 is 6.10. The maximum atomic E-state index is 13.1. The van der Waals surface area contributed by atoms with Crippen LogP contribution in [0.3, 0.4) is 0 Å². The van der Waals surface area contributed by atoms with Crippen LogP contribution >= 0.6 is 11.6 Å². The largest absolute Gasteiger partial charge is 0.379 e. The van der Waals surface area contributed by atoms with Crippen molar-refractivity contribution >= 4 is 44.6 Å². The Bertz CT molecular complexity index is 1890. The van der Waals surface area contributed by atoms with E-state index in [1.54, 1.807) is 12.1 Å². The fraction of sp³-hybridized carbons (Fsp3) is 0.324. The van der Waals surface area contributed by atoms with Crippen molar-refractivity contribution in [1.29, 1.82) is 0 Å². The number of hydrogen-bond acceptors (Lipinski definition) is 8. The fourth-order valence-corrected chi connectivity index (χ4v) is 7.78. The number of sulfonamides is 1. The second kappa shape index (κ2) is 15.4. The standard InChI is InChI=1S/C37H40ClN5O5S/c38-31-14-10-28(11-15-31)34-9-5-4-8-30(34)26-41-20-22-42(23-21-41)32-16-12-29(13-17-32)37(44)40-49(47,48)33-18-19-35(36(24-33)43(45)46)39-25-27-6-2-1-3-7-27/h4-5,8-19,24,27,39H,1-3,6-7,20-23,25-26H2,(H,40,44). The Morgan fingerprint density at radius 3 is 2.27 bits per heavy atom. The molecule has 4 aromatic carbocycles. The monoisotopic (exact) mass is 701 g/mol. The lowest BCUT2D eigenvalue weighted by Gasteiger charge is -2.36. The Balaban J connectivity index is 1.04. The lowest BCUT2D eigenvalue weighted by molar-refractivity contribution is -0.384. The second-order valence-corrected chi connectivity index (χ2v) is 14.8. The smallest absolute Gasteiger partial charge is 0.293 e. The van der Waals surface area contributed by atoms with Gasteiger partial charge in [-0.15, -0.1) is 0 Å². The number of hydrogen-bond donors (Lipinski definition) is 2.